The van der Waals surface area contributed by atoms with Crippen molar-refractivity contribution in [2.45, 2.75) is 19.4 Å². The summed E-state index contributed by atoms with van der Waals surface area (Å²) in [6.07, 6.45) is -0.589. The zero-order valence-corrected chi connectivity index (χ0v) is 14.1. The molecule has 0 aliphatic rings. The van der Waals surface area contributed by atoms with Crippen LogP contribution in [0.4, 0.5) is 8.78 Å². The molecule has 0 fully saturated rings. The van der Waals surface area contributed by atoms with E-state index in [0.717, 1.165) is 11.6 Å². The molecule has 0 heterocycles. The number of rotatable bonds is 6. The smallest absolute Gasteiger partial charge is 0.341 e. The molecule has 7 heteroatoms. The molecule has 0 spiro atoms. The van der Waals surface area contributed by atoms with E-state index >= 15 is 0 Å². The summed E-state index contributed by atoms with van der Waals surface area (Å²) in [6.45, 7) is 1.68. The van der Waals surface area contributed by atoms with Gasteiger partial charge in [-0.1, -0.05) is 23.7 Å². The van der Waals surface area contributed by atoms with Crippen molar-refractivity contribution in [2.24, 2.45) is 0 Å². The average Bonchev–Trinajstić information content (AvgIpc) is 2.56. The number of hydrogen-bond donors (Lipinski definition) is 1. The Labute approximate surface area is 148 Å². The fourth-order valence-corrected chi connectivity index (χ4v) is 2.22. The van der Waals surface area contributed by atoms with E-state index in [2.05, 4.69) is 5.32 Å². The van der Waals surface area contributed by atoms with Crippen LogP contribution in [0.15, 0.2) is 42.5 Å². The van der Waals surface area contributed by atoms with Crippen molar-refractivity contribution in [2.75, 3.05) is 6.54 Å². The van der Waals surface area contributed by atoms with Gasteiger partial charge in [0.25, 0.3) is 5.91 Å². The molecule has 25 heavy (non-hydrogen) atoms. The predicted molar refractivity (Wildman–Crippen MR) is 89.4 cm³/mol. The Balaban J connectivity index is 1.83. The lowest BCUT2D eigenvalue weighted by Crippen LogP contribution is -2.37. The molecule has 4 nitrogen and oxygen atoms in total. The second-order valence-electron chi connectivity index (χ2n) is 5.34. The summed E-state index contributed by atoms with van der Waals surface area (Å²) in [6, 6.07) is 9.45. The Bertz CT molecular complexity index is 765. The lowest BCUT2D eigenvalue weighted by atomic mass is 10.1. The SMILES string of the molecule is C[C@H](OC(=O)c1ccc(Cl)cc1F)C(=O)NCCc1ccc(F)cc1. The molecule has 0 radical (unpaired) electrons. The predicted octanol–water partition coefficient (Wildman–Crippen LogP) is 3.52. The second-order valence-corrected chi connectivity index (χ2v) is 5.78. The third-order valence-electron chi connectivity index (χ3n) is 3.43. The van der Waals surface area contributed by atoms with Crippen molar-refractivity contribution in [3.63, 3.8) is 0 Å². The third kappa shape index (κ3) is 5.53. The van der Waals surface area contributed by atoms with Crippen LogP contribution in [-0.4, -0.2) is 24.5 Å². The molecule has 1 N–H and O–H groups in total. The summed E-state index contributed by atoms with van der Waals surface area (Å²) in [5.41, 5.74) is 0.560. The lowest BCUT2D eigenvalue weighted by Gasteiger charge is -2.14. The summed E-state index contributed by atoms with van der Waals surface area (Å²) >= 11 is 5.62. The van der Waals surface area contributed by atoms with Gasteiger partial charge in [-0.25, -0.2) is 13.6 Å². The summed E-state index contributed by atoms with van der Waals surface area (Å²) < 4.78 is 31.4. The van der Waals surface area contributed by atoms with E-state index in [0.29, 0.717) is 13.0 Å². The zero-order valence-electron chi connectivity index (χ0n) is 13.4. The van der Waals surface area contributed by atoms with E-state index in [1.807, 2.05) is 0 Å². The third-order valence-corrected chi connectivity index (χ3v) is 3.67. The fourth-order valence-electron chi connectivity index (χ4n) is 2.06. The van der Waals surface area contributed by atoms with Crippen LogP contribution in [0.1, 0.15) is 22.8 Å². The van der Waals surface area contributed by atoms with Crippen molar-refractivity contribution >= 4 is 23.5 Å². The molecule has 0 saturated carbocycles. The van der Waals surface area contributed by atoms with E-state index < -0.39 is 23.8 Å². The largest absolute Gasteiger partial charge is 0.449 e. The number of esters is 1. The standard InChI is InChI=1S/C18H16ClF2NO3/c1-11(25-18(24)15-7-4-13(19)10-16(15)21)17(23)22-9-8-12-2-5-14(20)6-3-12/h2-7,10-11H,8-9H2,1H3,(H,22,23)/t11-/m0/s1. The van der Waals surface area contributed by atoms with Crippen LogP contribution >= 0.6 is 11.6 Å². The van der Waals surface area contributed by atoms with Gasteiger partial charge in [0.1, 0.15) is 11.6 Å². The minimum atomic E-state index is -1.09. The molecule has 1 atom stereocenters. The van der Waals surface area contributed by atoms with Crippen LogP contribution in [0.5, 0.6) is 0 Å². The topological polar surface area (TPSA) is 55.4 Å². The van der Waals surface area contributed by atoms with Gasteiger partial charge >= 0.3 is 5.97 Å². The van der Waals surface area contributed by atoms with Crippen molar-refractivity contribution in [3.8, 4) is 0 Å². The highest BCUT2D eigenvalue weighted by Crippen LogP contribution is 2.16. The normalized spacial score (nSPS) is 11.7. The zero-order chi connectivity index (χ0) is 18.4. The van der Waals surface area contributed by atoms with Gasteiger partial charge in [0, 0.05) is 11.6 Å². The first-order valence-electron chi connectivity index (χ1n) is 7.55. The van der Waals surface area contributed by atoms with Crippen LogP contribution in [0.25, 0.3) is 0 Å². The fraction of sp³-hybridized carbons (Fsp3) is 0.222. The van der Waals surface area contributed by atoms with Gasteiger partial charge in [0.2, 0.25) is 0 Å². The number of benzene rings is 2. The molecule has 0 saturated heterocycles. The van der Waals surface area contributed by atoms with E-state index in [9.17, 15) is 18.4 Å². The Kier molecular flexibility index (Phi) is 6.47. The van der Waals surface area contributed by atoms with Crippen molar-refractivity contribution in [1.29, 1.82) is 0 Å². The first-order chi connectivity index (χ1) is 11.9. The Morgan fingerprint density at radius 2 is 1.84 bits per heavy atom. The maximum absolute atomic E-state index is 13.7. The summed E-state index contributed by atoms with van der Waals surface area (Å²) in [5, 5.41) is 2.75. The van der Waals surface area contributed by atoms with E-state index in [1.165, 1.54) is 31.2 Å². The Hall–Kier alpha value is -2.47. The Morgan fingerprint density at radius 3 is 2.48 bits per heavy atom. The minimum absolute atomic E-state index is 0.153. The molecule has 0 aliphatic carbocycles. The first kappa shape index (κ1) is 18.9. The minimum Gasteiger partial charge on any atom is -0.449 e. The number of carbonyl (C=O) groups excluding carboxylic acids is 2. The maximum atomic E-state index is 13.7. The quantitative estimate of drug-likeness (QED) is 0.795. The van der Waals surface area contributed by atoms with Crippen molar-refractivity contribution < 1.29 is 23.1 Å². The van der Waals surface area contributed by atoms with Crippen LogP contribution in [0.3, 0.4) is 0 Å². The molecule has 2 aromatic rings. The molecular formula is C18H16ClF2NO3. The van der Waals surface area contributed by atoms with Gasteiger partial charge in [-0.3, -0.25) is 4.79 Å². The first-order valence-corrected chi connectivity index (χ1v) is 7.93. The van der Waals surface area contributed by atoms with Crippen molar-refractivity contribution in [1.82, 2.24) is 5.32 Å². The molecule has 2 rings (SSSR count). The van der Waals surface area contributed by atoms with Crippen LogP contribution in [-0.2, 0) is 16.0 Å². The second kappa shape index (κ2) is 8.58. The van der Waals surface area contributed by atoms with E-state index in [1.54, 1.807) is 12.1 Å². The number of ether oxygens (including phenoxy) is 1. The molecular weight excluding hydrogens is 352 g/mol. The average molecular weight is 368 g/mol. The lowest BCUT2D eigenvalue weighted by molar-refractivity contribution is -0.129. The molecule has 132 valence electrons. The number of amides is 1. The molecule has 0 aromatic heterocycles. The van der Waals surface area contributed by atoms with Crippen molar-refractivity contribution in [3.05, 3.63) is 70.2 Å². The van der Waals surface area contributed by atoms with Crippen LogP contribution < -0.4 is 5.32 Å². The number of hydrogen-bond acceptors (Lipinski definition) is 3. The monoisotopic (exact) mass is 367 g/mol. The van der Waals surface area contributed by atoms with Gasteiger partial charge in [-0.2, -0.15) is 0 Å². The molecule has 1 amide bonds. The summed E-state index contributed by atoms with van der Waals surface area (Å²) in [7, 11) is 0. The van der Waals surface area contributed by atoms with Gasteiger partial charge in [-0.05, 0) is 49.2 Å². The van der Waals surface area contributed by atoms with Gasteiger partial charge in [0.15, 0.2) is 6.10 Å². The maximum Gasteiger partial charge on any atom is 0.341 e. The van der Waals surface area contributed by atoms with Crippen LogP contribution in [0.2, 0.25) is 5.02 Å². The Morgan fingerprint density at radius 1 is 1.16 bits per heavy atom. The van der Waals surface area contributed by atoms with E-state index in [-0.39, 0.29) is 16.4 Å². The molecule has 0 unspecified atom stereocenters. The highest BCUT2D eigenvalue weighted by Gasteiger charge is 2.21. The van der Waals surface area contributed by atoms with Gasteiger partial charge < -0.3 is 10.1 Å². The molecule has 0 bridgehead atoms. The number of halogens is 3. The van der Waals surface area contributed by atoms with Crippen LogP contribution in [0, 0.1) is 11.6 Å². The van der Waals surface area contributed by atoms with Gasteiger partial charge in [0.05, 0.1) is 5.56 Å². The summed E-state index contributed by atoms with van der Waals surface area (Å²) in [4.78, 5) is 23.8. The number of carbonyl (C=O) groups is 2. The molecule has 0 aliphatic heterocycles. The molecule has 2 aromatic carbocycles. The van der Waals surface area contributed by atoms with E-state index in [4.69, 9.17) is 16.3 Å². The summed E-state index contributed by atoms with van der Waals surface area (Å²) in [5.74, 6) is -2.61. The van der Waals surface area contributed by atoms with Gasteiger partial charge in [-0.15, -0.1) is 0 Å². The highest BCUT2D eigenvalue weighted by atomic mass is 35.5. The highest BCUT2D eigenvalue weighted by molar-refractivity contribution is 6.30. The number of nitrogens with one attached hydrogen (secondary N) is 1.